The summed E-state index contributed by atoms with van der Waals surface area (Å²) in [7, 11) is 3.17. The summed E-state index contributed by atoms with van der Waals surface area (Å²) in [4.78, 5) is 9.26. The van der Waals surface area contributed by atoms with E-state index in [1.165, 1.54) is 6.33 Å². The van der Waals surface area contributed by atoms with Gasteiger partial charge in [-0.3, -0.25) is 0 Å². The molecule has 6 rings (SSSR count). The van der Waals surface area contributed by atoms with Gasteiger partial charge in [-0.25, -0.2) is 14.5 Å². The van der Waals surface area contributed by atoms with E-state index >= 15 is 0 Å². The number of aromatic hydroxyl groups is 2. The van der Waals surface area contributed by atoms with Gasteiger partial charge in [-0.15, -0.1) is 5.10 Å². The van der Waals surface area contributed by atoms with Crippen LogP contribution in [0.1, 0.15) is 22.6 Å². The summed E-state index contributed by atoms with van der Waals surface area (Å²) >= 11 is 0. The smallest absolute Gasteiger partial charge is 0.228 e. The van der Waals surface area contributed by atoms with Gasteiger partial charge in [0.25, 0.3) is 0 Å². The molecule has 2 N–H and O–H groups in total. The van der Waals surface area contributed by atoms with E-state index in [4.69, 9.17) is 19.2 Å². The van der Waals surface area contributed by atoms with Gasteiger partial charge < -0.3 is 24.4 Å². The Morgan fingerprint density at radius 3 is 2.57 bits per heavy atom. The van der Waals surface area contributed by atoms with E-state index < -0.39 is 0 Å². The molecule has 5 aromatic rings. The normalized spacial score (nSPS) is 14.2. The fourth-order valence-electron chi connectivity index (χ4n) is 4.46. The molecule has 1 aliphatic rings. The van der Waals surface area contributed by atoms with Gasteiger partial charge in [-0.05, 0) is 35.9 Å². The van der Waals surface area contributed by atoms with Gasteiger partial charge in [-0.2, -0.15) is 0 Å². The van der Waals surface area contributed by atoms with Crippen LogP contribution in [0.15, 0.2) is 67.0 Å². The summed E-state index contributed by atoms with van der Waals surface area (Å²) in [6, 6.07) is 17.6. The Labute approximate surface area is 199 Å². The van der Waals surface area contributed by atoms with E-state index in [0.717, 1.165) is 11.1 Å². The van der Waals surface area contributed by atoms with Crippen molar-refractivity contribution in [2.75, 3.05) is 14.2 Å². The third kappa shape index (κ3) is 3.28. The number of para-hydroxylation sites is 1. The first-order chi connectivity index (χ1) is 17.1. The molecular formula is C26H20N4O5. The van der Waals surface area contributed by atoms with E-state index in [-0.39, 0.29) is 17.4 Å². The molecule has 3 heterocycles. The Balaban J connectivity index is 1.62. The van der Waals surface area contributed by atoms with Crippen LogP contribution in [0.5, 0.6) is 34.6 Å². The van der Waals surface area contributed by atoms with Crippen molar-refractivity contribution in [1.82, 2.24) is 19.6 Å². The topological polar surface area (TPSA) is 111 Å². The zero-order valence-electron chi connectivity index (χ0n) is 18.8. The molecule has 2 aromatic heterocycles. The fraction of sp³-hybridized carbons (Fsp3) is 0.115. The van der Waals surface area contributed by atoms with E-state index in [1.807, 2.05) is 30.3 Å². The van der Waals surface area contributed by atoms with Crippen molar-refractivity contribution in [2.24, 2.45) is 0 Å². The van der Waals surface area contributed by atoms with Crippen LogP contribution in [-0.2, 0) is 0 Å². The minimum absolute atomic E-state index is 0.0822. The molecule has 9 heteroatoms. The van der Waals surface area contributed by atoms with Gasteiger partial charge >= 0.3 is 0 Å². The molecule has 9 nitrogen and oxygen atoms in total. The van der Waals surface area contributed by atoms with Gasteiger partial charge in [-0.1, -0.05) is 24.3 Å². The lowest BCUT2D eigenvalue weighted by atomic mass is 9.83. The molecule has 3 aromatic carbocycles. The number of methoxy groups -OCH3 is 2. The number of rotatable bonds is 4. The highest BCUT2D eigenvalue weighted by Crippen LogP contribution is 2.49. The van der Waals surface area contributed by atoms with Crippen molar-refractivity contribution < 1.29 is 24.4 Å². The number of ether oxygens (including phenoxy) is 3. The second-order valence-electron chi connectivity index (χ2n) is 8.06. The maximum Gasteiger partial charge on any atom is 0.228 e. The Morgan fingerprint density at radius 2 is 1.77 bits per heavy atom. The van der Waals surface area contributed by atoms with E-state index in [2.05, 4.69) is 10.1 Å². The second-order valence-corrected chi connectivity index (χ2v) is 8.06. The molecule has 0 bridgehead atoms. The van der Waals surface area contributed by atoms with Crippen LogP contribution in [0.3, 0.4) is 0 Å². The predicted octanol–water partition coefficient (Wildman–Crippen LogP) is 4.51. The Kier molecular flexibility index (Phi) is 4.70. The zero-order valence-corrected chi connectivity index (χ0v) is 18.8. The molecule has 174 valence electrons. The average Bonchev–Trinajstić information content (AvgIpc) is 3.31. The lowest BCUT2D eigenvalue weighted by Crippen LogP contribution is -2.15. The Morgan fingerprint density at radius 1 is 0.943 bits per heavy atom. The summed E-state index contributed by atoms with van der Waals surface area (Å²) in [5.41, 5.74) is 3.46. The first-order valence-corrected chi connectivity index (χ1v) is 10.8. The molecule has 0 aliphatic carbocycles. The minimum atomic E-state index is -0.355. The molecule has 0 saturated heterocycles. The molecular weight excluding hydrogens is 448 g/mol. The van der Waals surface area contributed by atoms with E-state index in [1.54, 1.807) is 49.1 Å². The third-order valence-corrected chi connectivity index (χ3v) is 6.08. The predicted molar refractivity (Wildman–Crippen MR) is 127 cm³/mol. The van der Waals surface area contributed by atoms with E-state index in [0.29, 0.717) is 45.7 Å². The van der Waals surface area contributed by atoms with Crippen molar-refractivity contribution >= 4 is 5.65 Å². The highest BCUT2D eigenvalue weighted by Gasteiger charge is 2.34. The van der Waals surface area contributed by atoms with Gasteiger partial charge in [0.15, 0.2) is 23.0 Å². The summed E-state index contributed by atoms with van der Waals surface area (Å²) in [5.74, 6) is 2.21. The highest BCUT2D eigenvalue weighted by atomic mass is 16.5. The number of fused-ring (bicyclic) bond motifs is 4. The highest BCUT2D eigenvalue weighted by molar-refractivity contribution is 5.71. The summed E-state index contributed by atoms with van der Waals surface area (Å²) in [6.45, 7) is 0. The maximum absolute atomic E-state index is 10.3. The zero-order chi connectivity index (χ0) is 24.1. The quantitative estimate of drug-likeness (QED) is 0.389. The number of benzene rings is 3. The van der Waals surface area contributed by atoms with Crippen LogP contribution >= 0.6 is 0 Å². The number of aromatic nitrogens is 4. The summed E-state index contributed by atoms with van der Waals surface area (Å²) in [5, 5.41) is 25.0. The number of phenolic OH excluding ortho intramolecular Hbond substituents is 2. The third-order valence-electron chi connectivity index (χ3n) is 6.08. The van der Waals surface area contributed by atoms with Gasteiger partial charge in [0.1, 0.15) is 23.6 Å². The van der Waals surface area contributed by atoms with Crippen LogP contribution in [0.4, 0.5) is 0 Å². The largest absolute Gasteiger partial charge is 0.508 e. The lowest BCUT2D eigenvalue weighted by Gasteiger charge is -2.28. The molecule has 0 saturated carbocycles. The van der Waals surface area contributed by atoms with Crippen molar-refractivity contribution in [3.05, 3.63) is 83.7 Å². The minimum Gasteiger partial charge on any atom is -0.508 e. The van der Waals surface area contributed by atoms with Gasteiger partial charge in [0.2, 0.25) is 5.88 Å². The SMILES string of the molecule is COc1ccc([C@H]2c3ccc(O)cc3Oc3ncn4nc(-c5ccccc5O)nc4c32)cc1OC. The second kappa shape index (κ2) is 7.91. The molecule has 0 amide bonds. The van der Waals surface area contributed by atoms with Crippen LogP contribution in [-0.4, -0.2) is 44.0 Å². The molecule has 0 spiro atoms. The summed E-state index contributed by atoms with van der Waals surface area (Å²) in [6.07, 6.45) is 1.52. The molecule has 0 radical (unpaired) electrons. The Hall–Kier alpha value is -4.79. The van der Waals surface area contributed by atoms with E-state index in [9.17, 15) is 10.2 Å². The van der Waals surface area contributed by atoms with Crippen molar-refractivity contribution in [3.63, 3.8) is 0 Å². The molecule has 0 fully saturated rings. The first-order valence-electron chi connectivity index (χ1n) is 10.8. The van der Waals surface area contributed by atoms with Crippen molar-refractivity contribution in [1.29, 1.82) is 0 Å². The van der Waals surface area contributed by atoms with Crippen LogP contribution in [0, 0.1) is 0 Å². The van der Waals surface area contributed by atoms with Gasteiger partial charge in [0.05, 0.1) is 25.3 Å². The van der Waals surface area contributed by atoms with Crippen LogP contribution in [0.25, 0.3) is 17.0 Å². The standard InChI is InChI=1S/C26H20N4O5/c1-33-19-10-7-14(11-21(19)34-2)22-17-9-8-15(31)12-20(17)35-26-23(22)25-28-24(29-30(25)13-27-26)16-5-3-4-6-18(16)32/h3-13,22,31-32H,1-2H3/t22-/m0/s1. The maximum atomic E-state index is 10.3. The molecule has 1 atom stereocenters. The first kappa shape index (κ1) is 20.8. The number of nitrogens with zero attached hydrogens (tertiary/aromatic N) is 4. The molecule has 35 heavy (non-hydrogen) atoms. The number of hydrogen-bond donors (Lipinski definition) is 2. The lowest BCUT2D eigenvalue weighted by molar-refractivity contribution is 0.354. The Bertz CT molecular complexity index is 1600. The summed E-state index contributed by atoms with van der Waals surface area (Å²) < 4.78 is 18.6. The van der Waals surface area contributed by atoms with Crippen molar-refractivity contribution in [3.8, 4) is 46.0 Å². The fourth-order valence-corrected chi connectivity index (χ4v) is 4.46. The van der Waals surface area contributed by atoms with Crippen LogP contribution < -0.4 is 14.2 Å². The van der Waals surface area contributed by atoms with Crippen LogP contribution in [0.2, 0.25) is 0 Å². The molecule has 1 aliphatic heterocycles. The van der Waals surface area contributed by atoms with Crippen molar-refractivity contribution in [2.45, 2.75) is 5.92 Å². The number of phenols is 2. The molecule has 0 unspecified atom stereocenters. The number of hydrogen-bond acceptors (Lipinski definition) is 8. The van der Waals surface area contributed by atoms with Gasteiger partial charge in [0, 0.05) is 17.5 Å². The monoisotopic (exact) mass is 468 g/mol. The average molecular weight is 468 g/mol.